The van der Waals surface area contributed by atoms with E-state index >= 15 is 0 Å². The predicted octanol–water partition coefficient (Wildman–Crippen LogP) is 0.791. The Morgan fingerprint density at radius 1 is 1.14 bits per heavy atom. The fourth-order valence-corrected chi connectivity index (χ4v) is 3.89. The van der Waals surface area contributed by atoms with Gasteiger partial charge in [0, 0.05) is 13.1 Å². The molecule has 0 amide bonds. The molecule has 0 aliphatic heterocycles. The van der Waals surface area contributed by atoms with Gasteiger partial charge in [-0.05, 0) is 30.7 Å². The molecule has 0 unspecified atom stereocenters. The molecule has 1 N–H and O–H groups in total. The van der Waals surface area contributed by atoms with Crippen molar-refractivity contribution in [1.82, 2.24) is 4.72 Å². The molecule has 7 nitrogen and oxygen atoms in total. The van der Waals surface area contributed by atoms with Crippen LogP contribution in [0.15, 0.2) is 24.3 Å². The molecule has 1 aromatic carbocycles. The number of hydrogen-bond acceptors (Lipinski definition) is 5. The van der Waals surface area contributed by atoms with Crippen molar-refractivity contribution in [2.45, 2.75) is 13.3 Å². The number of ether oxygens (including phenoxy) is 1. The van der Waals surface area contributed by atoms with E-state index in [9.17, 15) is 16.8 Å². The molecule has 0 heterocycles. The molecule has 0 atom stereocenters. The smallest absolute Gasteiger partial charge is 0.232 e. The standard InChI is InChI=1S/C13H22N2O5S2/c1-4-11-22(18,19)14-9-10-15(21(3,16)17)12-5-7-13(20-2)8-6-12/h5-8,14H,4,9-11H2,1-3H3. The molecule has 0 saturated carbocycles. The molecule has 9 heteroatoms. The zero-order chi connectivity index (χ0) is 16.8. The van der Waals surface area contributed by atoms with Crippen molar-refractivity contribution in [1.29, 1.82) is 0 Å². The Morgan fingerprint density at radius 2 is 1.73 bits per heavy atom. The number of nitrogens with zero attached hydrogens (tertiary/aromatic N) is 1. The molecule has 0 aliphatic carbocycles. The van der Waals surface area contributed by atoms with E-state index in [2.05, 4.69) is 4.72 Å². The highest BCUT2D eigenvalue weighted by Crippen LogP contribution is 2.21. The first kappa shape index (κ1) is 18.7. The highest BCUT2D eigenvalue weighted by atomic mass is 32.2. The highest BCUT2D eigenvalue weighted by Gasteiger charge is 2.18. The summed E-state index contributed by atoms with van der Waals surface area (Å²) in [5.41, 5.74) is 0.456. The van der Waals surface area contributed by atoms with Gasteiger partial charge in [0.05, 0.1) is 24.8 Å². The van der Waals surface area contributed by atoms with Crippen molar-refractivity contribution in [3.8, 4) is 5.75 Å². The largest absolute Gasteiger partial charge is 0.497 e. The number of sulfonamides is 2. The maximum absolute atomic E-state index is 11.9. The lowest BCUT2D eigenvalue weighted by molar-refractivity contribution is 0.415. The summed E-state index contributed by atoms with van der Waals surface area (Å²) in [5, 5.41) is 0. The Morgan fingerprint density at radius 3 is 2.18 bits per heavy atom. The van der Waals surface area contributed by atoms with E-state index in [-0.39, 0.29) is 18.8 Å². The van der Waals surface area contributed by atoms with Gasteiger partial charge >= 0.3 is 0 Å². The highest BCUT2D eigenvalue weighted by molar-refractivity contribution is 7.92. The van der Waals surface area contributed by atoms with Gasteiger partial charge in [-0.25, -0.2) is 21.6 Å². The van der Waals surface area contributed by atoms with Crippen LogP contribution in [0.2, 0.25) is 0 Å². The maximum atomic E-state index is 11.9. The minimum Gasteiger partial charge on any atom is -0.497 e. The molecule has 126 valence electrons. The third-order valence-electron chi connectivity index (χ3n) is 2.87. The lowest BCUT2D eigenvalue weighted by atomic mass is 10.3. The molecule has 0 radical (unpaired) electrons. The average Bonchev–Trinajstić information content (AvgIpc) is 2.42. The number of hydrogen-bond donors (Lipinski definition) is 1. The van der Waals surface area contributed by atoms with Crippen molar-refractivity contribution < 1.29 is 21.6 Å². The Kier molecular flexibility index (Phi) is 6.64. The van der Waals surface area contributed by atoms with Gasteiger partial charge in [-0.3, -0.25) is 4.31 Å². The molecule has 1 aromatic rings. The summed E-state index contributed by atoms with van der Waals surface area (Å²) in [7, 11) is -5.35. The first-order chi connectivity index (χ1) is 10.2. The monoisotopic (exact) mass is 350 g/mol. The number of methoxy groups -OCH3 is 1. The second kappa shape index (κ2) is 7.80. The molecule has 0 saturated heterocycles. The summed E-state index contributed by atoms with van der Waals surface area (Å²) in [5.74, 6) is 0.634. The molecule has 0 fully saturated rings. The molecular weight excluding hydrogens is 328 g/mol. The zero-order valence-corrected chi connectivity index (χ0v) is 14.6. The normalized spacial score (nSPS) is 12.1. The van der Waals surface area contributed by atoms with E-state index in [1.54, 1.807) is 31.2 Å². The number of benzene rings is 1. The van der Waals surface area contributed by atoms with Gasteiger partial charge in [-0.15, -0.1) is 0 Å². The molecular formula is C13H22N2O5S2. The van der Waals surface area contributed by atoms with Gasteiger partial charge in [0.1, 0.15) is 5.75 Å². The second-order valence-electron chi connectivity index (χ2n) is 4.75. The van der Waals surface area contributed by atoms with Gasteiger partial charge in [-0.1, -0.05) is 6.92 Å². The predicted molar refractivity (Wildman–Crippen MR) is 87.3 cm³/mol. The summed E-state index contributed by atoms with van der Waals surface area (Å²) in [6, 6.07) is 6.52. The van der Waals surface area contributed by atoms with E-state index in [1.165, 1.54) is 7.11 Å². The van der Waals surface area contributed by atoms with Crippen LogP contribution in [-0.2, 0) is 20.0 Å². The fourth-order valence-electron chi connectivity index (χ4n) is 1.88. The van der Waals surface area contributed by atoms with Gasteiger partial charge in [0.15, 0.2) is 0 Å². The Hall–Kier alpha value is -1.32. The van der Waals surface area contributed by atoms with Gasteiger partial charge in [0.2, 0.25) is 20.0 Å². The van der Waals surface area contributed by atoms with Crippen LogP contribution in [-0.4, -0.2) is 49.0 Å². The quantitative estimate of drug-likeness (QED) is 0.711. The van der Waals surface area contributed by atoms with E-state index < -0.39 is 20.0 Å². The van der Waals surface area contributed by atoms with Crippen molar-refractivity contribution in [2.24, 2.45) is 0 Å². The third-order valence-corrected chi connectivity index (χ3v) is 5.65. The van der Waals surface area contributed by atoms with Crippen LogP contribution in [0.3, 0.4) is 0 Å². The topological polar surface area (TPSA) is 92.8 Å². The maximum Gasteiger partial charge on any atom is 0.232 e. The van der Waals surface area contributed by atoms with E-state index in [0.717, 1.165) is 10.6 Å². The van der Waals surface area contributed by atoms with E-state index in [1.807, 2.05) is 0 Å². The lowest BCUT2D eigenvalue weighted by Crippen LogP contribution is -2.38. The minimum absolute atomic E-state index is 0.0153. The Balaban J connectivity index is 2.82. The van der Waals surface area contributed by atoms with Crippen LogP contribution in [0.1, 0.15) is 13.3 Å². The van der Waals surface area contributed by atoms with Crippen LogP contribution >= 0.6 is 0 Å². The first-order valence-corrected chi connectivity index (χ1v) is 10.3. The summed E-state index contributed by atoms with van der Waals surface area (Å²) in [6.07, 6.45) is 1.58. The van der Waals surface area contributed by atoms with Crippen molar-refractivity contribution in [3.05, 3.63) is 24.3 Å². The zero-order valence-electron chi connectivity index (χ0n) is 12.9. The summed E-state index contributed by atoms with van der Waals surface area (Å²) in [6.45, 7) is 1.80. The van der Waals surface area contributed by atoms with Crippen LogP contribution in [0.25, 0.3) is 0 Å². The van der Waals surface area contributed by atoms with Crippen molar-refractivity contribution >= 4 is 25.7 Å². The molecule has 0 spiro atoms. The van der Waals surface area contributed by atoms with E-state index in [4.69, 9.17) is 4.74 Å². The molecule has 0 aliphatic rings. The SMILES string of the molecule is CCCS(=O)(=O)NCCN(c1ccc(OC)cc1)S(C)(=O)=O. The number of nitrogens with one attached hydrogen (secondary N) is 1. The third kappa shape index (κ3) is 5.82. The second-order valence-corrected chi connectivity index (χ2v) is 8.58. The molecule has 0 aromatic heterocycles. The molecule has 1 rings (SSSR count). The molecule has 0 bridgehead atoms. The minimum atomic E-state index is -3.51. The van der Waals surface area contributed by atoms with Gasteiger partial charge in [-0.2, -0.15) is 0 Å². The van der Waals surface area contributed by atoms with Gasteiger partial charge < -0.3 is 4.74 Å². The molecule has 22 heavy (non-hydrogen) atoms. The lowest BCUT2D eigenvalue weighted by Gasteiger charge is -2.22. The Labute approximate surface area is 132 Å². The van der Waals surface area contributed by atoms with Crippen molar-refractivity contribution in [2.75, 3.05) is 36.5 Å². The fraction of sp³-hybridized carbons (Fsp3) is 0.538. The summed E-state index contributed by atoms with van der Waals surface area (Å²) >= 11 is 0. The van der Waals surface area contributed by atoms with E-state index in [0.29, 0.717) is 17.9 Å². The van der Waals surface area contributed by atoms with Gasteiger partial charge in [0.25, 0.3) is 0 Å². The van der Waals surface area contributed by atoms with Crippen LogP contribution < -0.4 is 13.8 Å². The number of rotatable bonds is 9. The Bertz CT molecular complexity index is 669. The van der Waals surface area contributed by atoms with Crippen LogP contribution in [0.4, 0.5) is 5.69 Å². The number of anilines is 1. The summed E-state index contributed by atoms with van der Waals surface area (Å²) < 4.78 is 55.5. The summed E-state index contributed by atoms with van der Waals surface area (Å²) in [4.78, 5) is 0. The average molecular weight is 350 g/mol. The first-order valence-electron chi connectivity index (χ1n) is 6.78. The van der Waals surface area contributed by atoms with Crippen LogP contribution in [0.5, 0.6) is 5.75 Å². The van der Waals surface area contributed by atoms with Crippen molar-refractivity contribution in [3.63, 3.8) is 0 Å². The van der Waals surface area contributed by atoms with Crippen LogP contribution in [0, 0.1) is 0 Å².